The lowest BCUT2D eigenvalue weighted by Gasteiger charge is -2.21. The van der Waals surface area contributed by atoms with Crippen LogP contribution in [-0.2, 0) is 4.79 Å². The number of pyridine rings is 1. The van der Waals surface area contributed by atoms with E-state index >= 15 is 0 Å². The van der Waals surface area contributed by atoms with E-state index in [1.54, 1.807) is 24.4 Å². The molecule has 2 aromatic heterocycles. The minimum Gasteiger partial charge on any atom is -0.459 e. The quantitative estimate of drug-likeness (QED) is 0.895. The van der Waals surface area contributed by atoms with E-state index in [0.717, 1.165) is 31.2 Å². The van der Waals surface area contributed by atoms with Crippen molar-refractivity contribution < 1.29 is 14.0 Å². The molecule has 126 valence electrons. The molecule has 0 bridgehead atoms. The second-order valence-corrected chi connectivity index (χ2v) is 6.14. The molecule has 0 aromatic carbocycles. The van der Waals surface area contributed by atoms with Gasteiger partial charge in [0.25, 0.3) is 5.91 Å². The van der Waals surface area contributed by atoms with Gasteiger partial charge in [0.2, 0.25) is 5.91 Å². The highest BCUT2D eigenvalue weighted by molar-refractivity contribution is 6.01. The van der Waals surface area contributed by atoms with Gasteiger partial charge < -0.3 is 15.1 Å². The average Bonchev–Trinajstić information content (AvgIpc) is 3.13. The molecular formula is C18H21N3O3. The van der Waals surface area contributed by atoms with Crippen molar-refractivity contribution >= 4 is 23.3 Å². The van der Waals surface area contributed by atoms with Crippen LogP contribution in [0.2, 0.25) is 0 Å². The summed E-state index contributed by atoms with van der Waals surface area (Å²) >= 11 is 0. The van der Waals surface area contributed by atoms with Crippen molar-refractivity contribution in [1.29, 1.82) is 0 Å². The molecule has 0 atom stereocenters. The monoisotopic (exact) mass is 327 g/mol. The molecule has 0 spiro atoms. The van der Waals surface area contributed by atoms with E-state index in [0.29, 0.717) is 11.5 Å². The van der Waals surface area contributed by atoms with Gasteiger partial charge in [-0.2, -0.15) is 0 Å². The predicted octanol–water partition coefficient (Wildman–Crippen LogP) is 3.75. The Hall–Kier alpha value is -2.63. The Labute approximate surface area is 140 Å². The Balaban J connectivity index is 1.64. The number of aromatic nitrogens is 1. The first kappa shape index (κ1) is 16.2. The van der Waals surface area contributed by atoms with Crippen LogP contribution in [-0.4, -0.2) is 16.8 Å². The van der Waals surface area contributed by atoms with Crippen LogP contribution in [0.3, 0.4) is 0 Å². The number of nitrogens with zero attached hydrogens (tertiary/aromatic N) is 1. The van der Waals surface area contributed by atoms with Gasteiger partial charge in [-0.15, -0.1) is 0 Å². The van der Waals surface area contributed by atoms with Crippen LogP contribution in [0.25, 0.3) is 0 Å². The lowest BCUT2D eigenvalue weighted by atomic mass is 9.88. The molecular weight excluding hydrogens is 306 g/mol. The lowest BCUT2D eigenvalue weighted by Crippen LogP contribution is -2.25. The maximum Gasteiger partial charge on any atom is 0.292 e. The summed E-state index contributed by atoms with van der Waals surface area (Å²) in [5.41, 5.74) is 1.53. The molecule has 0 radical (unpaired) electrons. The largest absolute Gasteiger partial charge is 0.459 e. The van der Waals surface area contributed by atoms with Crippen molar-refractivity contribution in [3.8, 4) is 0 Å². The van der Waals surface area contributed by atoms with Crippen molar-refractivity contribution in [3.63, 3.8) is 0 Å². The molecule has 1 aliphatic rings. The number of carbonyl (C=O) groups excluding carboxylic acids is 2. The summed E-state index contributed by atoms with van der Waals surface area (Å²) in [5, 5.41) is 5.63. The Morgan fingerprint density at radius 1 is 1.21 bits per heavy atom. The number of aryl methyl sites for hydroxylation is 1. The predicted molar refractivity (Wildman–Crippen MR) is 90.8 cm³/mol. The number of hydrogen-bond acceptors (Lipinski definition) is 4. The Kier molecular flexibility index (Phi) is 4.93. The molecule has 0 aliphatic heterocycles. The minimum atomic E-state index is -0.356. The second kappa shape index (κ2) is 7.29. The van der Waals surface area contributed by atoms with Crippen LogP contribution in [0.15, 0.2) is 35.1 Å². The lowest BCUT2D eigenvalue weighted by molar-refractivity contribution is -0.120. The summed E-state index contributed by atoms with van der Waals surface area (Å²) in [6, 6.07) is 4.97. The molecule has 2 amide bonds. The zero-order valence-corrected chi connectivity index (χ0v) is 13.7. The molecule has 6 nitrogen and oxygen atoms in total. The second-order valence-electron chi connectivity index (χ2n) is 6.14. The highest BCUT2D eigenvalue weighted by Gasteiger charge is 2.21. The smallest absolute Gasteiger partial charge is 0.292 e. The topological polar surface area (TPSA) is 84.2 Å². The Morgan fingerprint density at radius 3 is 2.67 bits per heavy atom. The van der Waals surface area contributed by atoms with Gasteiger partial charge in [0.05, 0.1) is 18.1 Å². The molecule has 2 aromatic rings. The third-order valence-corrected chi connectivity index (χ3v) is 4.33. The first-order chi connectivity index (χ1) is 11.6. The van der Waals surface area contributed by atoms with Gasteiger partial charge in [0.15, 0.2) is 5.76 Å². The third-order valence-electron chi connectivity index (χ3n) is 4.33. The van der Waals surface area contributed by atoms with Gasteiger partial charge in [-0.1, -0.05) is 19.3 Å². The van der Waals surface area contributed by atoms with Gasteiger partial charge in [-0.25, -0.2) is 4.98 Å². The third kappa shape index (κ3) is 3.82. The van der Waals surface area contributed by atoms with Crippen LogP contribution in [0, 0.1) is 12.8 Å². The molecule has 0 unspecified atom stereocenters. The van der Waals surface area contributed by atoms with Gasteiger partial charge >= 0.3 is 0 Å². The van der Waals surface area contributed by atoms with Crippen molar-refractivity contribution in [3.05, 3.63) is 42.0 Å². The Morgan fingerprint density at radius 2 is 2.00 bits per heavy atom. The highest BCUT2D eigenvalue weighted by atomic mass is 16.3. The van der Waals surface area contributed by atoms with E-state index in [1.807, 2.05) is 6.92 Å². The van der Waals surface area contributed by atoms with Crippen molar-refractivity contribution in [2.24, 2.45) is 5.92 Å². The standard InChI is InChI=1S/C18H21N3O3/c1-12-10-16(21-18(23)15-8-5-9-24-15)19-11-14(12)20-17(22)13-6-3-2-4-7-13/h5,8-11,13H,2-4,6-7H2,1H3,(H,20,22)(H,19,21,23). The molecule has 24 heavy (non-hydrogen) atoms. The molecule has 3 rings (SSSR count). The number of rotatable bonds is 4. The molecule has 1 aliphatic carbocycles. The fourth-order valence-corrected chi connectivity index (χ4v) is 2.94. The van der Waals surface area contributed by atoms with E-state index in [-0.39, 0.29) is 23.5 Å². The zero-order valence-electron chi connectivity index (χ0n) is 13.7. The Bertz CT molecular complexity index is 719. The van der Waals surface area contributed by atoms with E-state index in [1.165, 1.54) is 12.7 Å². The summed E-state index contributed by atoms with van der Waals surface area (Å²) in [6.45, 7) is 1.88. The van der Waals surface area contributed by atoms with Crippen molar-refractivity contribution in [2.45, 2.75) is 39.0 Å². The maximum absolute atomic E-state index is 12.3. The van der Waals surface area contributed by atoms with Crippen LogP contribution in [0.5, 0.6) is 0 Å². The summed E-state index contributed by atoms with van der Waals surface area (Å²) in [5.74, 6) is 0.447. The first-order valence-electron chi connectivity index (χ1n) is 8.26. The van der Waals surface area contributed by atoms with E-state index < -0.39 is 0 Å². The highest BCUT2D eigenvalue weighted by Crippen LogP contribution is 2.26. The van der Waals surface area contributed by atoms with Gasteiger partial charge in [-0.05, 0) is 43.5 Å². The molecule has 2 N–H and O–H groups in total. The first-order valence-corrected chi connectivity index (χ1v) is 8.26. The number of anilines is 2. The molecule has 2 heterocycles. The number of furan rings is 1. The zero-order chi connectivity index (χ0) is 16.9. The summed E-state index contributed by atoms with van der Waals surface area (Å²) in [6.07, 6.45) is 8.38. The fraction of sp³-hybridized carbons (Fsp3) is 0.389. The molecule has 0 saturated heterocycles. The number of nitrogens with one attached hydrogen (secondary N) is 2. The number of amides is 2. The van der Waals surface area contributed by atoms with Gasteiger partial charge in [0, 0.05) is 5.92 Å². The summed E-state index contributed by atoms with van der Waals surface area (Å²) in [7, 11) is 0. The van der Waals surface area contributed by atoms with E-state index in [4.69, 9.17) is 4.42 Å². The maximum atomic E-state index is 12.3. The minimum absolute atomic E-state index is 0.0620. The van der Waals surface area contributed by atoms with Crippen LogP contribution in [0.1, 0.15) is 48.2 Å². The summed E-state index contributed by atoms with van der Waals surface area (Å²) in [4.78, 5) is 28.5. The van der Waals surface area contributed by atoms with Crippen LogP contribution in [0.4, 0.5) is 11.5 Å². The molecule has 1 saturated carbocycles. The molecule has 1 fully saturated rings. The number of hydrogen-bond donors (Lipinski definition) is 2. The SMILES string of the molecule is Cc1cc(NC(=O)c2ccco2)ncc1NC(=O)C1CCCCC1. The fourth-order valence-electron chi connectivity index (χ4n) is 2.94. The van der Waals surface area contributed by atoms with Crippen LogP contribution >= 0.6 is 0 Å². The molecule has 6 heteroatoms. The summed E-state index contributed by atoms with van der Waals surface area (Å²) < 4.78 is 5.04. The van der Waals surface area contributed by atoms with Gasteiger partial charge in [0.1, 0.15) is 5.82 Å². The number of carbonyl (C=O) groups is 2. The van der Waals surface area contributed by atoms with E-state index in [9.17, 15) is 9.59 Å². The van der Waals surface area contributed by atoms with E-state index in [2.05, 4.69) is 15.6 Å². The van der Waals surface area contributed by atoms with Gasteiger partial charge in [-0.3, -0.25) is 9.59 Å². The van der Waals surface area contributed by atoms with Crippen molar-refractivity contribution in [2.75, 3.05) is 10.6 Å². The van der Waals surface area contributed by atoms with Crippen LogP contribution < -0.4 is 10.6 Å². The average molecular weight is 327 g/mol. The normalized spacial score (nSPS) is 15.0. The van der Waals surface area contributed by atoms with Crippen molar-refractivity contribution in [1.82, 2.24) is 4.98 Å².